The van der Waals surface area contributed by atoms with Crippen LogP contribution in [0, 0.1) is 12.7 Å². The van der Waals surface area contributed by atoms with E-state index in [-0.39, 0.29) is 11.7 Å². The number of benzene rings is 1. The van der Waals surface area contributed by atoms with Crippen molar-refractivity contribution in [2.24, 2.45) is 0 Å². The molecule has 0 aliphatic rings. The first-order chi connectivity index (χ1) is 7.99. The van der Waals surface area contributed by atoms with E-state index < -0.39 is 0 Å². The first-order valence-corrected chi connectivity index (χ1v) is 6.77. The average molecular weight is 315 g/mol. The molecule has 0 aliphatic carbocycles. The Labute approximate surface area is 112 Å². The molecule has 0 spiro atoms. The van der Waals surface area contributed by atoms with Gasteiger partial charge in [-0.3, -0.25) is 0 Å². The Bertz CT molecular complexity index is 553. The Hall–Kier alpha value is -0.940. The normalized spacial score (nSPS) is 12.7. The van der Waals surface area contributed by atoms with E-state index in [1.807, 2.05) is 6.92 Å². The summed E-state index contributed by atoms with van der Waals surface area (Å²) in [5, 5.41) is 0.575. The van der Waals surface area contributed by atoms with Crippen LogP contribution in [0.3, 0.4) is 0 Å². The number of nitrogens with two attached hydrogens (primary N) is 1. The maximum absolute atomic E-state index is 13.2. The second-order valence-corrected chi connectivity index (χ2v) is 5.81. The maximum atomic E-state index is 13.2. The van der Waals surface area contributed by atoms with Gasteiger partial charge in [-0.25, -0.2) is 9.37 Å². The van der Waals surface area contributed by atoms with Gasteiger partial charge in [0.25, 0.3) is 0 Å². The van der Waals surface area contributed by atoms with E-state index >= 15 is 0 Å². The van der Waals surface area contributed by atoms with Crippen LogP contribution in [0.15, 0.2) is 22.7 Å². The lowest BCUT2D eigenvalue weighted by molar-refractivity contribution is 0.620. The number of hydrogen-bond acceptors (Lipinski definition) is 3. The lowest BCUT2D eigenvalue weighted by Gasteiger charge is -2.11. The number of hydrogen-bond donors (Lipinski definition) is 1. The predicted octanol–water partition coefficient (Wildman–Crippen LogP) is 4.09. The first-order valence-electron chi connectivity index (χ1n) is 5.16. The third kappa shape index (κ3) is 2.50. The molecule has 0 saturated heterocycles. The van der Waals surface area contributed by atoms with Crippen LogP contribution in [0.5, 0.6) is 0 Å². The third-order valence-corrected chi connectivity index (χ3v) is 4.46. The van der Waals surface area contributed by atoms with Gasteiger partial charge in [0, 0.05) is 10.8 Å². The largest absolute Gasteiger partial charge is 0.375 e. The van der Waals surface area contributed by atoms with Gasteiger partial charge in [-0.2, -0.15) is 0 Å². The number of aromatic nitrogens is 1. The second kappa shape index (κ2) is 4.74. The van der Waals surface area contributed by atoms with Gasteiger partial charge >= 0.3 is 0 Å². The number of halogens is 2. The summed E-state index contributed by atoms with van der Waals surface area (Å²) >= 11 is 4.68. The summed E-state index contributed by atoms with van der Waals surface area (Å²) in [6, 6.07) is 5.06. The monoisotopic (exact) mass is 314 g/mol. The molecule has 0 radical (unpaired) electrons. The van der Waals surface area contributed by atoms with E-state index in [2.05, 4.69) is 27.8 Å². The van der Waals surface area contributed by atoms with Crippen LogP contribution in [0.1, 0.15) is 29.0 Å². The van der Waals surface area contributed by atoms with Crippen LogP contribution in [0.25, 0.3) is 0 Å². The smallest absolute Gasteiger partial charge is 0.180 e. The lowest BCUT2D eigenvalue weighted by atomic mass is 9.99. The standard InChI is InChI=1S/C12H12BrFN2S/c1-6(11-7(2)16-12(15)17-11)8-3-4-10(14)9(13)5-8/h3-6H,1-2H3,(H2,15,16). The zero-order valence-electron chi connectivity index (χ0n) is 9.50. The van der Waals surface area contributed by atoms with Gasteiger partial charge in [-0.15, -0.1) is 11.3 Å². The minimum Gasteiger partial charge on any atom is -0.375 e. The SMILES string of the molecule is Cc1nc(N)sc1C(C)c1ccc(F)c(Br)c1. The van der Waals surface area contributed by atoms with Crippen molar-refractivity contribution in [3.05, 3.63) is 44.6 Å². The van der Waals surface area contributed by atoms with E-state index in [4.69, 9.17) is 5.73 Å². The van der Waals surface area contributed by atoms with Crippen LogP contribution in [0.2, 0.25) is 0 Å². The van der Waals surface area contributed by atoms with Gasteiger partial charge < -0.3 is 5.73 Å². The molecule has 2 N–H and O–H groups in total. The van der Waals surface area contributed by atoms with E-state index in [1.165, 1.54) is 17.4 Å². The summed E-state index contributed by atoms with van der Waals surface area (Å²) in [4.78, 5) is 5.33. The van der Waals surface area contributed by atoms with Gasteiger partial charge in [0.1, 0.15) is 5.82 Å². The summed E-state index contributed by atoms with van der Waals surface area (Å²) in [5.41, 5.74) is 7.68. The highest BCUT2D eigenvalue weighted by atomic mass is 79.9. The van der Waals surface area contributed by atoms with Gasteiger partial charge in [-0.1, -0.05) is 13.0 Å². The predicted molar refractivity (Wildman–Crippen MR) is 72.9 cm³/mol. The molecule has 2 nitrogen and oxygen atoms in total. The molecule has 1 heterocycles. The van der Waals surface area contributed by atoms with Gasteiger partial charge in [0.15, 0.2) is 5.13 Å². The van der Waals surface area contributed by atoms with Gasteiger partial charge in [-0.05, 0) is 40.5 Å². The highest BCUT2D eigenvalue weighted by Crippen LogP contribution is 2.33. The molecule has 2 aromatic rings. The molecule has 0 amide bonds. The highest BCUT2D eigenvalue weighted by Gasteiger charge is 2.16. The fraction of sp³-hybridized carbons (Fsp3) is 0.250. The molecule has 1 aromatic heterocycles. The Morgan fingerprint density at radius 2 is 2.18 bits per heavy atom. The molecule has 90 valence electrons. The molecule has 0 bridgehead atoms. The van der Waals surface area contributed by atoms with Crippen LogP contribution < -0.4 is 5.73 Å². The van der Waals surface area contributed by atoms with Crippen LogP contribution >= 0.6 is 27.3 Å². The van der Waals surface area contributed by atoms with Gasteiger partial charge in [0.2, 0.25) is 0 Å². The fourth-order valence-corrected chi connectivity index (χ4v) is 3.08. The lowest BCUT2D eigenvalue weighted by Crippen LogP contribution is -1.96. The summed E-state index contributed by atoms with van der Waals surface area (Å²) < 4.78 is 13.7. The molecule has 1 atom stereocenters. The second-order valence-electron chi connectivity index (χ2n) is 3.90. The van der Waals surface area contributed by atoms with Crippen LogP contribution in [-0.4, -0.2) is 4.98 Å². The number of nitrogens with zero attached hydrogens (tertiary/aromatic N) is 1. The Morgan fingerprint density at radius 1 is 1.47 bits per heavy atom. The minimum absolute atomic E-state index is 0.168. The van der Waals surface area contributed by atoms with Crippen molar-refractivity contribution >= 4 is 32.4 Å². The maximum Gasteiger partial charge on any atom is 0.180 e. The number of aryl methyl sites for hydroxylation is 1. The molecular weight excluding hydrogens is 303 g/mol. The van der Waals surface area contributed by atoms with E-state index in [0.29, 0.717) is 9.60 Å². The van der Waals surface area contributed by atoms with Crippen LogP contribution in [-0.2, 0) is 0 Å². The van der Waals surface area contributed by atoms with E-state index in [9.17, 15) is 4.39 Å². The summed E-state index contributed by atoms with van der Waals surface area (Å²) in [5.74, 6) is -0.0804. The fourth-order valence-electron chi connectivity index (χ4n) is 1.76. The van der Waals surface area contributed by atoms with Crippen molar-refractivity contribution in [3.63, 3.8) is 0 Å². The molecular formula is C12H12BrFN2S. The Balaban J connectivity index is 2.40. The van der Waals surface area contributed by atoms with Crippen molar-refractivity contribution < 1.29 is 4.39 Å². The van der Waals surface area contributed by atoms with E-state index in [1.54, 1.807) is 12.1 Å². The number of anilines is 1. The number of thiazole rings is 1. The zero-order chi connectivity index (χ0) is 12.6. The Morgan fingerprint density at radius 3 is 2.71 bits per heavy atom. The summed E-state index contributed by atoms with van der Waals surface area (Å²) in [7, 11) is 0. The number of nitrogen functional groups attached to an aromatic ring is 1. The highest BCUT2D eigenvalue weighted by molar-refractivity contribution is 9.10. The minimum atomic E-state index is -0.249. The molecule has 1 aromatic carbocycles. The molecule has 2 rings (SSSR count). The topological polar surface area (TPSA) is 38.9 Å². The molecule has 1 unspecified atom stereocenters. The molecule has 0 saturated carbocycles. The summed E-state index contributed by atoms with van der Waals surface area (Å²) in [6.45, 7) is 4.01. The molecule has 17 heavy (non-hydrogen) atoms. The molecule has 0 aliphatic heterocycles. The van der Waals surface area contributed by atoms with Crippen molar-refractivity contribution in [1.29, 1.82) is 0 Å². The van der Waals surface area contributed by atoms with E-state index in [0.717, 1.165) is 16.1 Å². The van der Waals surface area contributed by atoms with Crippen molar-refractivity contribution in [3.8, 4) is 0 Å². The molecule has 0 fully saturated rings. The third-order valence-electron chi connectivity index (χ3n) is 2.69. The first kappa shape index (κ1) is 12.5. The quantitative estimate of drug-likeness (QED) is 0.906. The average Bonchev–Trinajstić information content (AvgIpc) is 2.61. The van der Waals surface area contributed by atoms with Crippen LogP contribution in [0.4, 0.5) is 9.52 Å². The zero-order valence-corrected chi connectivity index (χ0v) is 11.9. The van der Waals surface area contributed by atoms with Crippen molar-refractivity contribution in [2.75, 3.05) is 5.73 Å². The summed E-state index contributed by atoms with van der Waals surface area (Å²) in [6.07, 6.45) is 0. The Kier molecular flexibility index (Phi) is 3.49. The number of rotatable bonds is 2. The molecule has 5 heteroatoms. The van der Waals surface area contributed by atoms with Crippen molar-refractivity contribution in [2.45, 2.75) is 19.8 Å². The van der Waals surface area contributed by atoms with Crippen molar-refractivity contribution in [1.82, 2.24) is 4.98 Å². The van der Waals surface area contributed by atoms with Gasteiger partial charge in [0.05, 0.1) is 10.2 Å².